The summed E-state index contributed by atoms with van der Waals surface area (Å²) in [5.41, 5.74) is 0. The van der Waals surface area contributed by atoms with Crippen molar-refractivity contribution < 1.29 is 9.63 Å². The van der Waals surface area contributed by atoms with Crippen molar-refractivity contribution >= 4 is 17.6 Å². The predicted octanol–water partition coefficient (Wildman–Crippen LogP) is 3.15. The molecule has 0 bridgehead atoms. The Kier molecular flexibility index (Phi) is 12.5. The van der Waals surface area contributed by atoms with Gasteiger partial charge in [-0.3, -0.25) is 4.79 Å². The molecule has 3 nitrogen and oxygen atoms in total. The molecule has 0 aliphatic carbocycles. The number of carbonyl (C=O) groups excluding carboxylic acids is 1. The molecule has 0 aromatic heterocycles. The highest BCUT2D eigenvalue weighted by Gasteiger charge is 2.18. The van der Waals surface area contributed by atoms with Gasteiger partial charge in [-0.15, -0.1) is 0 Å². The fraction of sp³-hybridized carbons (Fsp3) is 0.545. The molecule has 4 heteroatoms. The number of hydrogen-bond donors (Lipinski definition) is 1. The van der Waals surface area contributed by atoms with Crippen LogP contribution in [-0.4, -0.2) is 5.97 Å². The van der Waals surface area contributed by atoms with Crippen molar-refractivity contribution in [3.05, 3.63) is 23.8 Å². The third kappa shape index (κ3) is 9.50. The smallest absolute Gasteiger partial charge is 0.328 e. The Morgan fingerprint density at radius 1 is 1.60 bits per heavy atom. The summed E-state index contributed by atoms with van der Waals surface area (Å²) < 4.78 is 0. The molecule has 0 amide bonds. The van der Waals surface area contributed by atoms with E-state index < -0.39 is 5.97 Å². The number of carbonyl (C=O) groups is 1. The van der Waals surface area contributed by atoms with E-state index >= 15 is 0 Å². The summed E-state index contributed by atoms with van der Waals surface area (Å²) in [6.07, 6.45) is 4.68. The second-order valence-electron chi connectivity index (χ2n) is 2.66. The van der Waals surface area contributed by atoms with Crippen molar-refractivity contribution in [1.29, 1.82) is 0 Å². The van der Waals surface area contributed by atoms with Gasteiger partial charge in [0, 0.05) is 5.03 Å². The van der Waals surface area contributed by atoms with Gasteiger partial charge in [0.1, 0.15) is 0 Å². The quantitative estimate of drug-likeness (QED) is 0.586. The average Bonchev–Trinajstić information content (AvgIpc) is 2.25. The van der Waals surface area contributed by atoms with Crippen LogP contribution in [0.2, 0.25) is 0 Å². The molecule has 88 valence electrons. The Hall–Kier alpha value is -0.800. The van der Waals surface area contributed by atoms with Crippen molar-refractivity contribution in [3.63, 3.8) is 0 Å². The molecule has 0 aromatic rings. The van der Waals surface area contributed by atoms with Gasteiger partial charge in [0.25, 0.3) is 0 Å². The number of rotatable bonds is 5. The second kappa shape index (κ2) is 11.3. The summed E-state index contributed by atoms with van der Waals surface area (Å²) in [6.45, 7) is 9.39. The van der Waals surface area contributed by atoms with Gasteiger partial charge < -0.3 is 4.84 Å². The molecule has 0 saturated heterocycles. The number of hydrogen-bond acceptors (Lipinski definition) is 3. The normalized spacial score (nSPS) is 11.5. The monoisotopic (exact) mass is 233 g/mol. The van der Waals surface area contributed by atoms with E-state index in [-0.39, 0.29) is 5.92 Å². The van der Waals surface area contributed by atoms with E-state index in [1.165, 1.54) is 0 Å². The third-order valence-electron chi connectivity index (χ3n) is 1.57. The molecule has 0 aromatic carbocycles. The highest BCUT2D eigenvalue weighted by atomic mass is 35.5. The van der Waals surface area contributed by atoms with Crippen LogP contribution in [0.3, 0.4) is 0 Å². The Labute approximate surface area is 96.9 Å². The van der Waals surface area contributed by atoms with Gasteiger partial charge in [0.2, 0.25) is 0 Å². The summed E-state index contributed by atoms with van der Waals surface area (Å²) in [5, 5.41) is 0.430. The Morgan fingerprint density at radius 2 is 2.13 bits per heavy atom. The molecule has 1 atom stereocenters. The van der Waals surface area contributed by atoms with E-state index in [1.807, 2.05) is 32.9 Å². The lowest BCUT2D eigenvalue weighted by atomic mass is 10.0. The first-order valence-corrected chi connectivity index (χ1v) is 5.34. The van der Waals surface area contributed by atoms with Crippen molar-refractivity contribution in [3.8, 4) is 0 Å². The van der Waals surface area contributed by atoms with Crippen LogP contribution in [0.1, 0.15) is 33.6 Å². The fourth-order valence-corrected chi connectivity index (χ4v) is 1.11. The number of halogens is 1. The zero-order chi connectivity index (χ0) is 12.3. The van der Waals surface area contributed by atoms with Crippen molar-refractivity contribution in [1.82, 2.24) is 0 Å². The van der Waals surface area contributed by atoms with Crippen LogP contribution < -0.4 is 5.90 Å². The van der Waals surface area contributed by atoms with Crippen LogP contribution >= 0.6 is 11.6 Å². The van der Waals surface area contributed by atoms with E-state index in [0.717, 1.165) is 0 Å². The average molecular weight is 234 g/mol. The van der Waals surface area contributed by atoms with Crippen LogP contribution in [0.15, 0.2) is 23.8 Å². The lowest BCUT2D eigenvalue weighted by molar-refractivity contribution is -0.148. The van der Waals surface area contributed by atoms with Crippen LogP contribution in [-0.2, 0) is 9.63 Å². The third-order valence-corrected chi connectivity index (χ3v) is 1.73. The summed E-state index contributed by atoms with van der Waals surface area (Å²) in [4.78, 5) is 15.2. The molecule has 1 unspecified atom stereocenters. The second-order valence-corrected chi connectivity index (χ2v) is 3.19. The van der Waals surface area contributed by atoms with Gasteiger partial charge in [0.15, 0.2) is 0 Å². The fourth-order valence-electron chi connectivity index (χ4n) is 0.927. The van der Waals surface area contributed by atoms with Gasteiger partial charge in [-0.1, -0.05) is 44.2 Å². The molecule has 0 spiro atoms. The molecule has 0 fully saturated rings. The maximum absolute atomic E-state index is 11.1. The molecule has 0 aliphatic rings. The summed E-state index contributed by atoms with van der Waals surface area (Å²) >= 11 is 5.59. The number of nitrogens with two attached hydrogens (primary N) is 1. The van der Waals surface area contributed by atoms with E-state index in [0.29, 0.717) is 17.9 Å². The summed E-state index contributed by atoms with van der Waals surface area (Å²) in [7, 11) is 0. The zero-order valence-corrected chi connectivity index (χ0v) is 10.4. The lowest BCUT2D eigenvalue weighted by Gasteiger charge is -2.10. The molecule has 0 aliphatic heterocycles. The first-order chi connectivity index (χ1) is 7.11. The topological polar surface area (TPSA) is 52.3 Å². The summed E-state index contributed by atoms with van der Waals surface area (Å²) in [6, 6.07) is 0. The molecule has 0 heterocycles. The Morgan fingerprint density at radius 3 is 2.47 bits per heavy atom. The predicted molar refractivity (Wildman–Crippen MR) is 64.2 cm³/mol. The Balaban J connectivity index is 0. The van der Waals surface area contributed by atoms with Gasteiger partial charge in [-0.25, -0.2) is 0 Å². The minimum Gasteiger partial charge on any atom is -0.373 e. The van der Waals surface area contributed by atoms with E-state index in [2.05, 4.69) is 11.4 Å². The van der Waals surface area contributed by atoms with Gasteiger partial charge >= 0.3 is 5.97 Å². The highest BCUT2D eigenvalue weighted by molar-refractivity contribution is 6.29. The Bertz CT molecular complexity index is 215. The zero-order valence-electron chi connectivity index (χ0n) is 9.63. The minimum atomic E-state index is -0.458. The van der Waals surface area contributed by atoms with Crippen LogP contribution in [0.25, 0.3) is 0 Å². The molecule has 15 heavy (non-hydrogen) atoms. The van der Waals surface area contributed by atoms with Gasteiger partial charge in [-0.05, 0) is 19.8 Å². The van der Waals surface area contributed by atoms with Crippen molar-refractivity contribution in [2.24, 2.45) is 11.8 Å². The van der Waals surface area contributed by atoms with Gasteiger partial charge in [0.05, 0.1) is 5.92 Å². The van der Waals surface area contributed by atoms with Crippen LogP contribution in [0, 0.1) is 5.92 Å². The molecule has 0 saturated carbocycles. The van der Waals surface area contributed by atoms with Crippen LogP contribution in [0.4, 0.5) is 0 Å². The maximum atomic E-state index is 11.1. The van der Waals surface area contributed by atoms with E-state index in [4.69, 9.17) is 17.5 Å². The number of allylic oxidation sites excluding steroid dienone is 3. The molecule has 0 radical (unpaired) electrons. The summed E-state index contributed by atoms with van der Waals surface area (Å²) in [5.74, 6) is 3.99. The van der Waals surface area contributed by atoms with Crippen LogP contribution in [0.5, 0.6) is 0 Å². The molecule has 0 rings (SSSR count). The van der Waals surface area contributed by atoms with Gasteiger partial charge in [-0.2, -0.15) is 5.90 Å². The first-order valence-electron chi connectivity index (χ1n) is 4.96. The largest absolute Gasteiger partial charge is 0.373 e. The molecular weight excluding hydrogens is 214 g/mol. The van der Waals surface area contributed by atoms with Crippen molar-refractivity contribution in [2.75, 3.05) is 0 Å². The van der Waals surface area contributed by atoms with E-state index in [1.54, 1.807) is 0 Å². The lowest BCUT2D eigenvalue weighted by Crippen LogP contribution is -2.20. The van der Waals surface area contributed by atoms with Crippen molar-refractivity contribution in [2.45, 2.75) is 33.6 Å². The highest BCUT2D eigenvalue weighted by Crippen LogP contribution is 2.18. The minimum absolute atomic E-state index is 0.328. The SMILES string of the molecule is C=C(Cl)CC(C/C=C\C)C(=O)ON.CC. The van der Waals surface area contributed by atoms with E-state index in [9.17, 15) is 4.79 Å². The molecular formula is C11H20ClNO2. The standard InChI is InChI=1S/C9H14ClNO2.C2H6/c1-3-4-5-8(6-7(2)10)9(12)13-11;1-2/h3-4,8H,2,5-6,11H2,1H3;1-2H3/b4-3-;. The first kappa shape index (κ1) is 16.6. The maximum Gasteiger partial charge on any atom is 0.328 e. The molecule has 2 N–H and O–H groups in total.